The molecule has 0 heterocycles. The van der Waals surface area contributed by atoms with Crippen LogP contribution in [0.1, 0.15) is 0 Å². The minimum Gasteiger partial charge on any atom is -0.423 e. The second kappa shape index (κ2) is 9.74. The van der Waals surface area contributed by atoms with Crippen LogP contribution in [0.5, 0.6) is 0 Å². The van der Waals surface area contributed by atoms with Gasteiger partial charge in [-0.1, -0.05) is 0 Å². The molecule has 0 aliphatic heterocycles. The maximum Gasteiger partial charge on any atom is 2.00 e. The van der Waals surface area contributed by atoms with Gasteiger partial charge in [0.1, 0.15) is 0 Å². The molecule has 2 nitrogen and oxygen atoms in total. The average molecular weight is 156 g/mol. The van der Waals surface area contributed by atoms with Gasteiger partial charge in [0.25, 0.3) is 0 Å². The summed E-state index contributed by atoms with van der Waals surface area (Å²) in [5, 5.41) is 15.8. The third kappa shape index (κ3) is 20.9. The average Bonchev–Trinajstić information content (AvgIpc) is 1.38. The first-order chi connectivity index (χ1) is 2.27. The van der Waals surface area contributed by atoms with Crippen LogP contribution in [0, 0.1) is 14.4 Å². The molecule has 0 aromatic carbocycles. The van der Waals surface area contributed by atoms with Crippen molar-refractivity contribution in [2.75, 3.05) is 6.61 Å². The van der Waals surface area contributed by atoms with E-state index in [1.807, 2.05) is 0 Å². The van der Waals surface area contributed by atoms with Crippen molar-refractivity contribution >= 4 is 0 Å². The molecule has 1 atom stereocenters. The van der Waals surface area contributed by atoms with Crippen molar-refractivity contribution in [3.63, 3.8) is 0 Å². The smallest absolute Gasteiger partial charge is 0.423 e. The van der Waals surface area contributed by atoms with Crippen LogP contribution < -0.4 is 0 Å². The van der Waals surface area contributed by atoms with Gasteiger partial charge in [-0.3, -0.25) is 0 Å². The van der Waals surface area contributed by atoms with Gasteiger partial charge in [0.15, 0.2) is 0 Å². The molecule has 0 fully saturated rings. The second-order valence-electron chi connectivity index (χ2n) is 0.836. The van der Waals surface area contributed by atoms with E-state index < -0.39 is 6.10 Å². The molecule has 0 spiro atoms. The van der Waals surface area contributed by atoms with Crippen molar-refractivity contribution in [2.24, 2.45) is 0 Å². The van der Waals surface area contributed by atoms with E-state index in [1.165, 1.54) is 0 Å². The van der Waals surface area contributed by atoms with Gasteiger partial charge in [0.2, 0.25) is 0 Å². The maximum atomic E-state index is 8.00. The molecule has 0 rings (SSSR count). The van der Waals surface area contributed by atoms with Crippen LogP contribution in [0.15, 0.2) is 0 Å². The van der Waals surface area contributed by atoms with Gasteiger partial charge < -0.3 is 24.6 Å². The summed E-state index contributed by atoms with van der Waals surface area (Å²) in [6, 6.07) is 0. The molecular weight excluding hydrogens is 145 g/mol. The normalized spacial score (nSPS) is 10.7. The fourth-order valence-corrected chi connectivity index (χ4v) is 0. The van der Waals surface area contributed by atoms with Crippen LogP contribution in [0.4, 0.5) is 0 Å². The Bertz CT molecular complexity index is 23.7. The monoisotopic (exact) mass is 154 g/mol. The predicted molar refractivity (Wildman–Crippen MR) is 24.9 cm³/mol. The molecule has 0 aliphatic carbocycles. The Balaban J connectivity index is -0.0000000800. The van der Waals surface area contributed by atoms with E-state index in [0.717, 1.165) is 0 Å². The minimum atomic E-state index is -0.810. The first-order valence-corrected chi connectivity index (χ1v) is 1.39. The van der Waals surface area contributed by atoms with Crippen LogP contribution >= 0.6 is 0 Å². The van der Waals surface area contributed by atoms with Crippen molar-refractivity contribution < 1.29 is 29.7 Å². The summed E-state index contributed by atoms with van der Waals surface area (Å²) in [7, 11) is 0. The number of aliphatic hydroxyl groups is 2. The van der Waals surface area contributed by atoms with Crippen molar-refractivity contribution in [3.05, 3.63) is 14.4 Å². The maximum absolute atomic E-state index is 8.00. The van der Waals surface area contributed by atoms with Crippen LogP contribution in [-0.4, -0.2) is 22.9 Å². The molecule has 0 radical (unpaired) electrons. The number of aliphatic hydroxyl groups excluding tert-OH is 2. The van der Waals surface area contributed by atoms with Crippen molar-refractivity contribution in [1.29, 1.82) is 0 Å². The van der Waals surface area contributed by atoms with E-state index in [1.54, 1.807) is 0 Å². The Kier molecular flexibility index (Phi) is 21.8. The molecule has 3 heteroatoms. The Morgan fingerprint density at radius 3 is 1.71 bits per heavy atom. The van der Waals surface area contributed by atoms with Crippen molar-refractivity contribution in [3.8, 4) is 0 Å². The quantitative estimate of drug-likeness (QED) is 0.400. The number of hydrogen-bond acceptors (Lipinski definition) is 2. The molecular formula is C4H10O2Zn. The van der Waals surface area contributed by atoms with E-state index in [-0.39, 0.29) is 33.5 Å². The molecule has 0 aromatic rings. The minimum absolute atomic E-state index is 0. The number of rotatable bonds is 1. The molecule has 1 unspecified atom stereocenters. The Morgan fingerprint density at radius 1 is 1.57 bits per heavy atom. The summed E-state index contributed by atoms with van der Waals surface area (Å²) in [5.41, 5.74) is 0. The zero-order valence-corrected chi connectivity index (χ0v) is 7.56. The summed E-state index contributed by atoms with van der Waals surface area (Å²) in [5.74, 6) is 0. The van der Waals surface area contributed by atoms with Gasteiger partial charge in [-0.05, 0) is 6.10 Å². The van der Waals surface area contributed by atoms with Crippen LogP contribution in [0.2, 0.25) is 0 Å². The zero-order chi connectivity index (χ0) is 4.28. The van der Waals surface area contributed by atoms with Crippen LogP contribution in [0.25, 0.3) is 0 Å². The predicted octanol–water partition coefficient (Wildman–Crippen LogP) is -0.379. The second-order valence-corrected chi connectivity index (χ2v) is 0.836. The summed E-state index contributed by atoms with van der Waals surface area (Å²) >= 11 is 0. The molecule has 0 saturated carbocycles. The van der Waals surface area contributed by atoms with Gasteiger partial charge in [-0.15, -0.1) is 0 Å². The van der Waals surface area contributed by atoms with E-state index in [4.69, 9.17) is 10.2 Å². The van der Waals surface area contributed by atoms with Gasteiger partial charge >= 0.3 is 19.5 Å². The van der Waals surface area contributed by atoms with Gasteiger partial charge in [-0.25, -0.2) is 0 Å². The fraction of sp³-hybridized carbons (Fsp3) is 0.500. The first-order valence-electron chi connectivity index (χ1n) is 1.39. The van der Waals surface area contributed by atoms with E-state index in [2.05, 4.69) is 6.92 Å². The van der Waals surface area contributed by atoms with Gasteiger partial charge in [-0.2, -0.15) is 0 Å². The van der Waals surface area contributed by atoms with Crippen molar-refractivity contribution in [2.45, 2.75) is 6.10 Å². The van der Waals surface area contributed by atoms with E-state index in [0.29, 0.717) is 0 Å². The standard InChI is InChI=1S/C3H7O2.CH3.Zn/c1-3(5)2-4;;/h3-5H,1-2H2;1H3;/q2*-1;+2. The molecule has 7 heavy (non-hydrogen) atoms. The van der Waals surface area contributed by atoms with Gasteiger partial charge in [0.05, 0.1) is 0 Å². The largest absolute Gasteiger partial charge is 2.00 e. The molecule has 0 bridgehead atoms. The van der Waals surface area contributed by atoms with Gasteiger partial charge in [0, 0.05) is 6.61 Å². The van der Waals surface area contributed by atoms with Crippen molar-refractivity contribution in [1.82, 2.24) is 0 Å². The zero-order valence-electron chi connectivity index (χ0n) is 4.59. The third-order valence-corrected chi connectivity index (χ3v) is 0.211. The molecule has 0 saturated heterocycles. The Labute approximate surface area is 57.3 Å². The number of hydrogen-bond donors (Lipinski definition) is 2. The molecule has 0 aliphatic rings. The summed E-state index contributed by atoms with van der Waals surface area (Å²) in [6.07, 6.45) is -0.810. The topological polar surface area (TPSA) is 40.5 Å². The summed E-state index contributed by atoms with van der Waals surface area (Å²) in [6.45, 7) is 2.81. The Hall–Kier alpha value is 0.543. The van der Waals surface area contributed by atoms with Crippen LogP contribution in [0.3, 0.4) is 0 Å². The molecule has 40 valence electrons. The fourth-order valence-electron chi connectivity index (χ4n) is 0. The molecule has 0 amide bonds. The molecule has 2 N–H and O–H groups in total. The van der Waals surface area contributed by atoms with E-state index >= 15 is 0 Å². The van der Waals surface area contributed by atoms with E-state index in [9.17, 15) is 0 Å². The van der Waals surface area contributed by atoms with Crippen LogP contribution in [-0.2, 0) is 19.5 Å². The Morgan fingerprint density at radius 2 is 1.71 bits per heavy atom. The SMILES string of the molecule is [CH2-]C(O)CO.[CH3-].[Zn+2]. The summed E-state index contributed by atoms with van der Waals surface area (Å²) in [4.78, 5) is 0. The third-order valence-electron chi connectivity index (χ3n) is 0.211. The summed E-state index contributed by atoms with van der Waals surface area (Å²) < 4.78 is 0. The first kappa shape index (κ1) is 15.6. The molecule has 0 aromatic heterocycles.